The van der Waals surface area contributed by atoms with Crippen LogP contribution >= 0.6 is 0 Å². The first-order valence-corrected chi connectivity index (χ1v) is 6.92. The van der Waals surface area contributed by atoms with Crippen molar-refractivity contribution in [1.29, 1.82) is 0 Å². The Bertz CT molecular complexity index is 541. The van der Waals surface area contributed by atoms with Crippen LogP contribution in [-0.2, 0) is 0 Å². The van der Waals surface area contributed by atoms with Gasteiger partial charge in [0.15, 0.2) is 0 Å². The second kappa shape index (κ2) is 3.58. The molecule has 2 fully saturated rings. The fourth-order valence-electron chi connectivity index (χ4n) is 3.54. The number of aromatic nitrogens is 2. The fraction of sp³-hybridized carbons (Fsp3) is 0.533. The third kappa shape index (κ3) is 1.43. The summed E-state index contributed by atoms with van der Waals surface area (Å²) in [5.74, 6) is 2.44. The monoisotopic (exact) mass is 241 g/mol. The summed E-state index contributed by atoms with van der Waals surface area (Å²) in [5, 5.41) is 4.73. The van der Waals surface area contributed by atoms with Gasteiger partial charge in [0.05, 0.1) is 11.2 Å². The van der Waals surface area contributed by atoms with Crippen LogP contribution in [0.25, 0.3) is 5.52 Å². The Morgan fingerprint density at radius 2 is 2.00 bits per heavy atom. The summed E-state index contributed by atoms with van der Waals surface area (Å²) in [6, 6.07) is 9.21. The SMILES string of the molecule is CC(C)N1CC2C(C1)C2c1cc2ccccn2n1. The molecule has 1 saturated carbocycles. The van der Waals surface area contributed by atoms with Gasteiger partial charge in [-0.15, -0.1) is 0 Å². The first-order chi connectivity index (χ1) is 8.74. The maximum absolute atomic E-state index is 4.73. The Morgan fingerprint density at radius 1 is 1.22 bits per heavy atom. The summed E-state index contributed by atoms with van der Waals surface area (Å²) in [7, 11) is 0. The van der Waals surface area contributed by atoms with Crippen LogP contribution in [0.1, 0.15) is 25.5 Å². The minimum atomic E-state index is 0.694. The van der Waals surface area contributed by atoms with Crippen molar-refractivity contribution < 1.29 is 0 Å². The average Bonchev–Trinajstić information content (AvgIpc) is 2.79. The van der Waals surface area contributed by atoms with Gasteiger partial charge >= 0.3 is 0 Å². The Morgan fingerprint density at radius 3 is 2.67 bits per heavy atom. The van der Waals surface area contributed by atoms with Gasteiger partial charge in [-0.25, -0.2) is 4.52 Å². The Hall–Kier alpha value is -1.35. The molecule has 1 aliphatic heterocycles. The van der Waals surface area contributed by atoms with E-state index in [1.807, 2.05) is 16.8 Å². The lowest BCUT2D eigenvalue weighted by Gasteiger charge is -2.23. The van der Waals surface area contributed by atoms with Crippen molar-refractivity contribution in [3.8, 4) is 0 Å². The molecule has 2 aromatic rings. The molecule has 3 nitrogen and oxygen atoms in total. The minimum Gasteiger partial charge on any atom is -0.300 e. The molecule has 0 aromatic carbocycles. The number of hydrogen-bond donors (Lipinski definition) is 0. The van der Waals surface area contributed by atoms with Crippen LogP contribution in [-0.4, -0.2) is 33.6 Å². The van der Waals surface area contributed by atoms with Gasteiger partial charge in [-0.05, 0) is 43.9 Å². The van der Waals surface area contributed by atoms with Gasteiger partial charge in [-0.1, -0.05) is 6.07 Å². The van der Waals surface area contributed by atoms with Crippen LogP contribution < -0.4 is 0 Å². The van der Waals surface area contributed by atoms with Crippen LogP contribution in [0.4, 0.5) is 0 Å². The lowest BCUT2D eigenvalue weighted by Crippen LogP contribution is -2.31. The van der Waals surface area contributed by atoms with E-state index in [1.54, 1.807) is 0 Å². The van der Waals surface area contributed by atoms with Crippen LogP contribution in [0.3, 0.4) is 0 Å². The Labute approximate surface area is 107 Å². The average molecular weight is 241 g/mol. The number of pyridine rings is 1. The molecule has 0 amide bonds. The molecule has 1 saturated heterocycles. The molecule has 0 radical (unpaired) electrons. The largest absolute Gasteiger partial charge is 0.300 e. The molecule has 94 valence electrons. The van der Waals surface area contributed by atoms with Gasteiger partial charge in [0, 0.05) is 31.2 Å². The predicted octanol–water partition coefficient (Wildman–Crippen LogP) is 2.39. The zero-order valence-corrected chi connectivity index (χ0v) is 11.0. The van der Waals surface area contributed by atoms with Crippen molar-refractivity contribution in [3.63, 3.8) is 0 Å². The molecular weight excluding hydrogens is 222 g/mol. The van der Waals surface area contributed by atoms with Crippen LogP contribution in [0, 0.1) is 11.8 Å². The topological polar surface area (TPSA) is 20.5 Å². The molecule has 0 bridgehead atoms. The molecule has 1 aliphatic carbocycles. The quantitative estimate of drug-likeness (QED) is 0.804. The van der Waals surface area contributed by atoms with E-state index < -0.39 is 0 Å². The molecule has 2 unspecified atom stereocenters. The first-order valence-electron chi connectivity index (χ1n) is 6.92. The van der Waals surface area contributed by atoms with Gasteiger partial charge in [-0.3, -0.25) is 0 Å². The summed E-state index contributed by atoms with van der Waals surface area (Å²) < 4.78 is 2.00. The molecule has 0 spiro atoms. The van der Waals surface area contributed by atoms with Gasteiger partial charge in [-0.2, -0.15) is 5.10 Å². The van der Waals surface area contributed by atoms with Crippen LogP contribution in [0.15, 0.2) is 30.5 Å². The lowest BCUT2D eigenvalue weighted by molar-refractivity contribution is 0.242. The number of nitrogens with zero attached hydrogens (tertiary/aromatic N) is 3. The normalized spacial score (nSPS) is 31.2. The Kier molecular flexibility index (Phi) is 2.10. The van der Waals surface area contributed by atoms with Crippen molar-refractivity contribution in [1.82, 2.24) is 14.5 Å². The van der Waals surface area contributed by atoms with Crippen molar-refractivity contribution in [2.45, 2.75) is 25.8 Å². The Balaban J connectivity index is 1.57. The predicted molar refractivity (Wildman–Crippen MR) is 71.6 cm³/mol. The molecule has 2 atom stereocenters. The highest BCUT2D eigenvalue weighted by Crippen LogP contribution is 2.58. The van der Waals surface area contributed by atoms with E-state index in [1.165, 1.54) is 24.3 Å². The van der Waals surface area contributed by atoms with E-state index in [2.05, 4.69) is 36.9 Å². The second-order valence-corrected chi connectivity index (χ2v) is 6.04. The van der Waals surface area contributed by atoms with Crippen molar-refractivity contribution in [2.24, 2.45) is 11.8 Å². The van der Waals surface area contributed by atoms with Crippen molar-refractivity contribution >= 4 is 5.52 Å². The lowest BCUT2D eigenvalue weighted by atomic mass is 10.1. The van der Waals surface area contributed by atoms with Crippen LogP contribution in [0.2, 0.25) is 0 Å². The molecule has 2 aromatic heterocycles. The number of rotatable bonds is 2. The number of fused-ring (bicyclic) bond motifs is 2. The van der Waals surface area contributed by atoms with Gasteiger partial charge in [0.2, 0.25) is 0 Å². The summed E-state index contributed by atoms with van der Waals surface area (Å²) >= 11 is 0. The number of likely N-dealkylation sites (tertiary alicyclic amines) is 1. The smallest absolute Gasteiger partial charge is 0.0672 e. The summed E-state index contributed by atoms with van der Waals surface area (Å²) in [5.41, 5.74) is 2.53. The van der Waals surface area contributed by atoms with E-state index in [0.29, 0.717) is 6.04 Å². The second-order valence-electron chi connectivity index (χ2n) is 6.04. The third-order valence-electron chi connectivity index (χ3n) is 4.68. The fourth-order valence-corrected chi connectivity index (χ4v) is 3.54. The molecule has 2 aliphatic rings. The molecule has 3 heterocycles. The van der Waals surface area contributed by atoms with E-state index in [4.69, 9.17) is 5.10 Å². The highest BCUT2D eigenvalue weighted by atomic mass is 15.2. The summed E-state index contributed by atoms with van der Waals surface area (Å²) in [6.45, 7) is 7.12. The van der Waals surface area contributed by atoms with E-state index in [9.17, 15) is 0 Å². The van der Waals surface area contributed by atoms with Crippen molar-refractivity contribution in [2.75, 3.05) is 13.1 Å². The molecule has 18 heavy (non-hydrogen) atoms. The maximum atomic E-state index is 4.73. The van der Waals surface area contributed by atoms with E-state index in [-0.39, 0.29) is 0 Å². The van der Waals surface area contributed by atoms with Gasteiger partial charge in [0.25, 0.3) is 0 Å². The molecule has 4 rings (SSSR count). The minimum absolute atomic E-state index is 0.694. The molecule has 3 heteroatoms. The van der Waals surface area contributed by atoms with Crippen molar-refractivity contribution in [3.05, 3.63) is 36.2 Å². The first kappa shape index (κ1) is 10.6. The maximum Gasteiger partial charge on any atom is 0.0672 e. The standard InChI is InChI=1S/C15H19N3/c1-10(2)17-8-12-13(9-17)15(12)14-7-11-5-3-4-6-18(11)16-14/h3-7,10,12-13,15H,8-9H2,1-2H3. The van der Waals surface area contributed by atoms with Gasteiger partial charge < -0.3 is 4.90 Å². The molecular formula is C15H19N3. The highest BCUT2D eigenvalue weighted by Gasteiger charge is 2.57. The highest BCUT2D eigenvalue weighted by molar-refractivity contribution is 5.49. The zero-order chi connectivity index (χ0) is 12.3. The van der Waals surface area contributed by atoms with E-state index in [0.717, 1.165) is 17.8 Å². The molecule has 0 N–H and O–H groups in total. The number of hydrogen-bond acceptors (Lipinski definition) is 2. The number of piperidine rings is 1. The third-order valence-corrected chi connectivity index (χ3v) is 4.68. The van der Waals surface area contributed by atoms with Crippen LogP contribution in [0.5, 0.6) is 0 Å². The zero-order valence-electron chi connectivity index (χ0n) is 11.0. The van der Waals surface area contributed by atoms with E-state index >= 15 is 0 Å². The summed E-state index contributed by atoms with van der Waals surface area (Å²) in [6.07, 6.45) is 2.04. The summed E-state index contributed by atoms with van der Waals surface area (Å²) in [4.78, 5) is 2.60. The van der Waals surface area contributed by atoms with Gasteiger partial charge in [0.1, 0.15) is 0 Å².